The molecule has 0 amide bonds. The Morgan fingerprint density at radius 2 is 1.88 bits per heavy atom. The fraction of sp³-hybridized carbons (Fsp3) is 0.333. The normalized spacial score (nSPS) is 10.6. The van der Waals surface area contributed by atoms with Crippen LogP contribution in [0.25, 0.3) is 0 Å². The first-order chi connectivity index (χ1) is 8.04. The zero-order valence-corrected chi connectivity index (χ0v) is 11.7. The van der Waals surface area contributed by atoms with E-state index in [1.807, 2.05) is 44.0 Å². The molecule has 0 aliphatic heterocycles. The Labute approximate surface area is 109 Å². The van der Waals surface area contributed by atoms with Gasteiger partial charge in [0.2, 0.25) is 5.95 Å². The van der Waals surface area contributed by atoms with Gasteiger partial charge in [-0.05, 0) is 48.0 Å². The van der Waals surface area contributed by atoms with Crippen molar-refractivity contribution < 1.29 is 4.42 Å². The SMILES string of the molecule is Cc1cc(C)nc(N(C)Cc2ccc(Br)o2)n1. The molecule has 0 bridgehead atoms. The second-order valence-corrected chi connectivity index (χ2v) is 4.79. The third-order valence-electron chi connectivity index (χ3n) is 2.33. The van der Waals surface area contributed by atoms with E-state index in [1.165, 1.54) is 0 Å². The quantitative estimate of drug-likeness (QED) is 0.873. The summed E-state index contributed by atoms with van der Waals surface area (Å²) in [7, 11) is 1.95. The Morgan fingerprint density at radius 1 is 1.24 bits per heavy atom. The molecule has 0 N–H and O–H groups in total. The number of rotatable bonds is 3. The molecule has 90 valence electrons. The maximum atomic E-state index is 5.46. The van der Waals surface area contributed by atoms with E-state index < -0.39 is 0 Å². The molecule has 0 radical (unpaired) electrons. The molecule has 0 spiro atoms. The molecule has 2 aromatic rings. The standard InChI is InChI=1S/C12H14BrN3O/c1-8-6-9(2)15-12(14-8)16(3)7-10-4-5-11(13)17-10/h4-6H,7H2,1-3H3. The first kappa shape index (κ1) is 12.1. The highest BCUT2D eigenvalue weighted by Crippen LogP contribution is 2.17. The minimum absolute atomic E-state index is 0.647. The fourth-order valence-electron chi connectivity index (χ4n) is 1.62. The van der Waals surface area contributed by atoms with Crippen molar-refractivity contribution in [2.75, 3.05) is 11.9 Å². The van der Waals surface area contributed by atoms with Crippen LogP contribution in [-0.2, 0) is 6.54 Å². The molecule has 0 aliphatic carbocycles. The van der Waals surface area contributed by atoms with Crippen molar-refractivity contribution in [2.24, 2.45) is 0 Å². The van der Waals surface area contributed by atoms with Crippen molar-refractivity contribution in [3.05, 3.63) is 40.0 Å². The van der Waals surface area contributed by atoms with Gasteiger partial charge in [0.25, 0.3) is 0 Å². The lowest BCUT2D eigenvalue weighted by Crippen LogP contribution is -2.19. The number of furan rings is 1. The predicted molar refractivity (Wildman–Crippen MR) is 70.0 cm³/mol. The second kappa shape index (κ2) is 4.87. The van der Waals surface area contributed by atoms with Gasteiger partial charge < -0.3 is 9.32 Å². The molecule has 0 aromatic carbocycles. The van der Waals surface area contributed by atoms with E-state index in [-0.39, 0.29) is 0 Å². The minimum atomic E-state index is 0.647. The predicted octanol–water partition coefficient (Wildman–Crippen LogP) is 3.09. The summed E-state index contributed by atoms with van der Waals surface area (Å²) < 4.78 is 6.19. The molecule has 2 rings (SSSR count). The Morgan fingerprint density at radius 3 is 2.41 bits per heavy atom. The van der Waals surface area contributed by atoms with Crippen molar-refractivity contribution in [1.29, 1.82) is 0 Å². The maximum absolute atomic E-state index is 5.46. The van der Waals surface area contributed by atoms with Gasteiger partial charge in [-0.15, -0.1) is 0 Å². The summed E-state index contributed by atoms with van der Waals surface area (Å²) in [5, 5.41) is 0. The summed E-state index contributed by atoms with van der Waals surface area (Å²) in [4.78, 5) is 10.8. The molecule has 0 atom stereocenters. The average Bonchev–Trinajstić information content (AvgIpc) is 2.62. The van der Waals surface area contributed by atoms with Gasteiger partial charge >= 0.3 is 0 Å². The Bertz CT molecular complexity index is 504. The lowest BCUT2D eigenvalue weighted by Gasteiger charge is -2.16. The van der Waals surface area contributed by atoms with Gasteiger partial charge in [-0.2, -0.15) is 0 Å². The monoisotopic (exact) mass is 295 g/mol. The zero-order valence-electron chi connectivity index (χ0n) is 10.1. The summed E-state index contributed by atoms with van der Waals surface area (Å²) in [6, 6.07) is 5.77. The molecule has 2 aromatic heterocycles. The zero-order chi connectivity index (χ0) is 12.4. The van der Waals surface area contributed by atoms with Gasteiger partial charge in [0.05, 0.1) is 6.54 Å². The van der Waals surface area contributed by atoms with E-state index in [9.17, 15) is 0 Å². The molecule has 0 saturated heterocycles. The number of hydrogen-bond donors (Lipinski definition) is 0. The van der Waals surface area contributed by atoms with E-state index in [4.69, 9.17) is 4.42 Å². The van der Waals surface area contributed by atoms with Crippen LogP contribution in [0.5, 0.6) is 0 Å². The van der Waals surface area contributed by atoms with Crippen molar-refractivity contribution in [2.45, 2.75) is 20.4 Å². The second-order valence-electron chi connectivity index (χ2n) is 4.01. The van der Waals surface area contributed by atoms with Gasteiger partial charge in [-0.25, -0.2) is 9.97 Å². The molecular weight excluding hydrogens is 282 g/mol. The molecule has 4 nitrogen and oxygen atoms in total. The number of hydrogen-bond acceptors (Lipinski definition) is 4. The van der Waals surface area contributed by atoms with Gasteiger partial charge in [0, 0.05) is 18.4 Å². The first-order valence-corrected chi connectivity index (χ1v) is 6.11. The van der Waals surface area contributed by atoms with Crippen LogP contribution >= 0.6 is 15.9 Å². The molecule has 0 fully saturated rings. The van der Waals surface area contributed by atoms with Crippen molar-refractivity contribution in [3.63, 3.8) is 0 Å². The lowest BCUT2D eigenvalue weighted by atomic mass is 10.3. The highest BCUT2D eigenvalue weighted by Gasteiger charge is 2.09. The molecule has 5 heteroatoms. The number of aromatic nitrogens is 2. The van der Waals surface area contributed by atoms with Crippen LogP contribution in [0.2, 0.25) is 0 Å². The third kappa shape index (κ3) is 3.06. The molecule has 2 heterocycles. The summed E-state index contributed by atoms with van der Waals surface area (Å²) >= 11 is 3.29. The van der Waals surface area contributed by atoms with Gasteiger partial charge in [0.15, 0.2) is 4.67 Å². The van der Waals surface area contributed by atoms with Crippen LogP contribution in [0.15, 0.2) is 27.3 Å². The summed E-state index contributed by atoms with van der Waals surface area (Å²) in [6.07, 6.45) is 0. The van der Waals surface area contributed by atoms with Gasteiger partial charge in [0.1, 0.15) is 5.76 Å². The van der Waals surface area contributed by atoms with Crippen LogP contribution in [0.1, 0.15) is 17.1 Å². The first-order valence-electron chi connectivity index (χ1n) is 5.32. The Balaban J connectivity index is 2.16. The van der Waals surface area contributed by atoms with Crippen LogP contribution in [-0.4, -0.2) is 17.0 Å². The van der Waals surface area contributed by atoms with Crippen LogP contribution in [0.4, 0.5) is 5.95 Å². The van der Waals surface area contributed by atoms with Crippen molar-refractivity contribution in [1.82, 2.24) is 9.97 Å². The minimum Gasteiger partial charge on any atom is -0.452 e. The van der Waals surface area contributed by atoms with Gasteiger partial charge in [-0.1, -0.05) is 0 Å². The highest BCUT2D eigenvalue weighted by molar-refractivity contribution is 9.10. The summed E-state index contributed by atoms with van der Waals surface area (Å²) in [5.74, 6) is 1.59. The molecule has 0 unspecified atom stereocenters. The van der Waals surface area contributed by atoms with Gasteiger partial charge in [-0.3, -0.25) is 0 Å². The highest BCUT2D eigenvalue weighted by atomic mass is 79.9. The maximum Gasteiger partial charge on any atom is 0.225 e. The topological polar surface area (TPSA) is 42.2 Å². The number of nitrogens with zero attached hydrogens (tertiary/aromatic N) is 3. The lowest BCUT2D eigenvalue weighted by molar-refractivity contribution is 0.485. The van der Waals surface area contributed by atoms with E-state index in [2.05, 4.69) is 25.9 Å². The van der Waals surface area contributed by atoms with Crippen LogP contribution in [0, 0.1) is 13.8 Å². The Hall–Kier alpha value is -1.36. The summed E-state index contributed by atoms with van der Waals surface area (Å²) in [6.45, 7) is 4.58. The van der Waals surface area contributed by atoms with E-state index >= 15 is 0 Å². The number of anilines is 1. The number of halogens is 1. The number of aryl methyl sites for hydroxylation is 2. The Kier molecular flexibility index (Phi) is 3.47. The third-order valence-corrected chi connectivity index (χ3v) is 2.76. The summed E-state index contributed by atoms with van der Waals surface area (Å²) in [5.41, 5.74) is 1.94. The van der Waals surface area contributed by atoms with Crippen molar-refractivity contribution in [3.8, 4) is 0 Å². The molecule has 17 heavy (non-hydrogen) atoms. The van der Waals surface area contributed by atoms with Crippen LogP contribution in [0.3, 0.4) is 0 Å². The van der Waals surface area contributed by atoms with Crippen molar-refractivity contribution >= 4 is 21.9 Å². The molecule has 0 aliphatic rings. The smallest absolute Gasteiger partial charge is 0.225 e. The van der Waals surface area contributed by atoms with E-state index in [0.29, 0.717) is 6.54 Å². The largest absolute Gasteiger partial charge is 0.452 e. The molecular formula is C12H14BrN3O. The van der Waals surface area contributed by atoms with E-state index in [0.717, 1.165) is 27.8 Å². The van der Waals surface area contributed by atoms with E-state index in [1.54, 1.807) is 0 Å². The van der Waals surface area contributed by atoms with Crippen LogP contribution < -0.4 is 4.90 Å². The molecule has 0 saturated carbocycles. The average molecular weight is 296 g/mol. The fourth-order valence-corrected chi connectivity index (χ4v) is 1.96.